The van der Waals surface area contributed by atoms with Crippen molar-refractivity contribution in [2.75, 3.05) is 19.6 Å². The van der Waals surface area contributed by atoms with E-state index in [0.29, 0.717) is 31.6 Å². The third kappa shape index (κ3) is 4.72. The molecule has 0 saturated carbocycles. The van der Waals surface area contributed by atoms with Crippen molar-refractivity contribution < 1.29 is 20.1 Å². The van der Waals surface area contributed by atoms with Gasteiger partial charge in [-0.05, 0) is 42.7 Å². The number of hydrogen-bond acceptors (Lipinski definition) is 5. The number of ether oxygens (including phenoxy) is 1. The van der Waals surface area contributed by atoms with E-state index in [4.69, 9.17) is 4.74 Å². The average Bonchev–Trinajstić information content (AvgIpc) is 2.64. The lowest BCUT2D eigenvalue weighted by atomic mass is 9.84. The number of phenolic OH excluding ortho intramolecular Hbond substituents is 1. The number of rotatable bonds is 6. The molecule has 0 radical (unpaired) electrons. The van der Waals surface area contributed by atoms with Crippen LogP contribution in [0.3, 0.4) is 0 Å². The minimum atomic E-state index is -0.889. The van der Waals surface area contributed by atoms with Gasteiger partial charge in [0.25, 0.3) is 0 Å². The largest absolute Gasteiger partial charge is 0.508 e. The highest BCUT2D eigenvalue weighted by molar-refractivity contribution is 5.30. The topological polar surface area (TPSA) is 73.2 Å². The maximum absolute atomic E-state index is 10.8. The third-order valence-corrected chi connectivity index (χ3v) is 4.80. The Morgan fingerprint density at radius 3 is 2.28 bits per heavy atom. The van der Waals surface area contributed by atoms with Gasteiger partial charge in [0.1, 0.15) is 11.5 Å². The van der Waals surface area contributed by atoms with Crippen LogP contribution in [0.4, 0.5) is 0 Å². The first kappa shape index (κ1) is 17.7. The smallest absolute Gasteiger partial charge is 0.198 e. The Labute approximate surface area is 148 Å². The summed E-state index contributed by atoms with van der Waals surface area (Å²) in [6.07, 6.45) is 0.974. The standard InChI is InChI=1S/C20H25NO4/c22-17-6-8-18(9-7-17)25-19(23)10-13-21-14-11-20(24,12-15-21)16-4-2-1-3-5-16/h1-9,19,22-24H,10-15H2. The van der Waals surface area contributed by atoms with Crippen LogP contribution in [0.2, 0.25) is 0 Å². The summed E-state index contributed by atoms with van der Waals surface area (Å²) in [5.41, 5.74) is 0.226. The molecule has 1 atom stereocenters. The number of likely N-dealkylation sites (tertiary alicyclic amines) is 1. The predicted octanol–water partition coefficient (Wildman–Crippen LogP) is 2.46. The molecule has 25 heavy (non-hydrogen) atoms. The summed E-state index contributed by atoms with van der Waals surface area (Å²) in [5, 5.41) is 30.1. The number of aliphatic hydroxyl groups is 2. The number of phenols is 1. The summed E-state index contributed by atoms with van der Waals surface area (Å²) in [4.78, 5) is 2.24. The van der Waals surface area contributed by atoms with E-state index in [2.05, 4.69) is 4.90 Å². The zero-order valence-electron chi connectivity index (χ0n) is 14.2. The zero-order chi connectivity index (χ0) is 17.7. The minimum Gasteiger partial charge on any atom is -0.508 e. The number of aliphatic hydroxyl groups excluding tert-OH is 1. The Bertz CT molecular complexity index is 651. The molecule has 134 valence electrons. The second-order valence-corrected chi connectivity index (χ2v) is 6.59. The summed E-state index contributed by atoms with van der Waals surface area (Å²) in [7, 11) is 0. The van der Waals surface area contributed by atoms with Crippen molar-refractivity contribution in [2.24, 2.45) is 0 Å². The van der Waals surface area contributed by atoms with Gasteiger partial charge in [0, 0.05) is 26.1 Å². The fourth-order valence-electron chi connectivity index (χ4n) is 3.22. The van der Waals surface area contributed by atoms with E-state index in [1.807, 2.05) is 30.3 Å². The van der Waals surface area contributed by atoms with Crippen molar-refractivity contribution in [3.05, 3.63) is 60.2 Å². The summed E-state index contributed by atoms with van der Waals surface area (Å²) in [5.74, 6) is 0.698. The van der Waals surface area contributed by atoms with Crippen LogP contribution in [-0.2, 0) is 5.60 Å². The Kier molecular flexibility index (Phi) is 5.58. The van der Waals surface area contributed by atoms with Crippen LogP contribution >= 0.6 is 0 Å². The van der Waals surface area contributed by atoms with Gasteiger partial charge in [0.2, 0.25) is 0 Å². The van der Waals surface area contributed by atoms with Crippen LogP contribution in [0.25, 0.3) is 0 Å². The molecule has 0 amide bonds. The van der Waals surface area contributed by atoms with Crippen LogP contribution in [0.15, 0.2) is 54.6 Å². The molecule has 2 aromatic rings. The molecule has 2 aromatic carbocycles. The molecule has 5 nitrogen and oxygen atoms in total. The molecule has 3 rings (SSSR count). The van der Waals surface area contributed by atoms with Gasteiger partial charge in [-0.25, -0.2) is 0 Å². The van der Waals surface area contributed by atoms with E-state index in [1.54, 1.807) is 12.1 Å². The van der Waals surface area contributed by atoms with Crippen LogP contribution in [0.1, 0.15) is 24.8 Å². The Morgan fingerprint density at radius 1 is 1.00 bits per heavy atom. The summed E-state index contributed by atoms with van der Waals surface area (Å²) in [6.45, 7) is 2.29. The molecule has 1 heterocycles. The molecule has 0 aliphatic carbocycles. The molecule has 1 aliphatic rings. The van der Waals surface area contributed by atoms with Crippen LogP contribution < -0.4 is 4.74 Å². The maximum Gasteiger partial charge on any atom is 0.198 e. The van der Waals surface area contributed by atoms with E-state index in [9.17, 15) is 15.3 Å². The Morgan fingerprint density at radius 2 is 1.64 bits per heavy atom. The molecule has 1 saturated heterocycles. The summed E-state index contributed by atoms with van der Waals surface area (Å²) in [6, 6.07) is 16.1. The molecule has 1 fully saturated rings. The molecule has 3 N–H and O–H groups in total. The quantitative estimate of drug-likeness (QED) is 0.703. The van der Waals surface area contributed by atoms with E-state index in [1.165, 1.54) is 12.1 Å². The summed E-state index contributed by atoms with van der Waals surface area (Å²) < 4.78 is 5.44. The lowest BCUT2D eigenvalue weighted by Gasteiger charge is -2.38. The van der Waals surface area contributed by atoms with E-state index >= 15 is 0 Å². The molecular formula is C20H25NO4. The van der Waals surface area contributed by atoms with Gasteiger partial charge >= 0.3 is 0 Å². The van der Waals surface area contributed by atoms with E-state index < -0.39 is 11.9 Å². The van der Waals surface area contributed by atoms with Crippen molar-refractivity contribution in [2.45, 2.75) is 31.2 Å². The third-order valence-electron chi connectivity index (χ3n) is 4.80. The fourth-order valence-corrected chi connectivity index (χ4v) is 3.22. The first-order valence-electron chi connectivity index (χ1n) is 8.69. The predicted molar refractivity (Wildman–Crippen MR) is 95.4 cm³/mol. The first-order valence-corrected chi connectivity index (χ1v) is 8.69. The van der Waals surface area contributed by atoms with E-state index in [0.717, 1.165) is 18.7 Å². The van der Waals surface area contributed by atoms with Crippen molar-refractivity contribution in [3.63, 3.8) is 0 Å². The van der Waals surface area contributed by atoms with Gasteiger partial charge in [-0.1, -0.05) is 30.3 Å². The zero-order valence-corrected chi connectivity index (χ0v) is 14.2. The van der Waals surface area contributed by atoms with Gasteiger partial charge in [0.05, 0.1) is 5.60 Å². The Balaban J connectivity index is 1.44. The number of piperidine rings is 1. The maximum atomic E-state index is 10.8. The highest BCUT2D eigenvalue weighted by Gasteiger charge is 2.33. The van der Waals surface area contributed by atoms with Gasteiger partial charge in [-0.15, -0.1) is 0 Å². The lowest BCUT2D eigenvalue weighted by Crippen LogP contribution is -2.43. The summed E-state index contributed by atoms with van der Waals surface area (Å²) >= 11 is 0. The highest BCUT2D eigenvalue weighted by atomic mass is 16.6. The molecule has 0 bridgehead atoms. The van der Waals surface area contributed by atoms with Crippen LogP contribution in [-0.4, -0.2) is 46.1 Å². The second kappa shape index (κ2) is 7.87. The van der Waals surface area contributed by atoms with Gasteiger partial charge in [-0.2, -0.15) is 0 Å². The van der Waals surface area contributed by atoms with Crippen LogP contribution in [0, 0.1) is 0 Å². The lowest BCUT2D eigenvalue weighted by molar-refractivity contribution is -0.0476. The van der Waals surface area contributed by atoms with Gasteiger partial charge in [-0.3, -0.25) is 0 Å². The van der Waals surface area contributed by atoms with Crippen molar-refractivity contribution in [3.8, 4) is 11.5 Å². The van der Waals surface area contributed by atoms with Crippen molar-refractivity contribution in [1.29, 1.82) is 0 Å². The molecular weight excluding hydrogens is 318 g/mol. The molecule has 0 spiro atoms. The van der Waals surface area contributed by atoms with E-state index in [-0.39, 0.29) is 5.75 Å². The average molecular weight is 343 g/mol. The second-order valence-electron chi connectivity index (χ2n) is 6.59. The fraction of sp³-hybridized carbons (Fsp3) is 0.400. The van der Waals surface area contributed by atoms with Gasteiger partial charge in [0.15, 0.2) is 6.29 Å². The normalized spacial score (nSPS) is 18.6. The SMILES string of the molecule is Oc1ccc(OC(O)CCN2CCC(O)(c3ccccc3)CC2)cc1. The van der Waals surface area contributed by atoms with Crippen molar-refractivity contribution >= 4 is 0 Å². The first-order chi connectivity index (χ1) is 12.0. The highest BCUT2D eigenvalue weighted by Crippen LogP contribution is 2.32. The molecule has 5 heteroatoms. The molecule has 0 aromatic heterocycles. The van der Waals surface area contributed by atoms with Crippen molar-refractivity contribution in [1.82, 2.24) is 4.90 Å². The number of aromatic hydroxyl groups is 1. The minimum absolute atomic E-state index is 0.168. The number of benzene rings is 2. The van der Waals surface area contributed by atoms with Crippen LogP contribution in [0.5, 0.6) is 11.5 Å². The van der Waals surface area contributed by atoms with Gasteiger partial charge < -0.3 is 25.0 Å². The number of nitrogens with zero attached hydrogens (tertiary/aromatic N) is 1. The monoisotopic (exact) mass is 343 g/mol. The Hall–Kier alpha value is -2.08. The molecule has 1 unspecified atom stereocenters. The molecule has 1 aliphatic heterocycles. The number of hydrogen-bond donors (Lipinski definition) is 3.